The van der Waals surface area contributed by atoms with Crippen LogP contribution in [0.3, 0.4) is 0 Å². The number of carboxylic acid groups (broad SMARTS) is 1. The van der Waals surface area contributed by atoms with Crippen molar-refractivity contribution in [2.45, 2.75) is 263 Å². The SMILES string of the molecule is CC/C=C\C/C=C\C/C=C\C/C=C\C/C=C\CCCC(=O)OC(COC(=O)CCCCCCCCCCC/C=C\CCCCCCCC)COC1OC(C(=O)O)C(O)C(O)C1OC(=O)CC/C=C\C/C=C\C/C=C\C/C=C\CC. The first-order chi connectivity index (χ1) is 38.6. The zero-order valence-electron chi connectivity index (χ0n) is 49.1. The summed E-state index contributed by atoms with van der Waals surface area (Å²) < 4.78 is 28.3. The lowest BCUT2D eigenvalue weighted by molar-refractivity contribution is -0.301. The molecule has 446 valence electrons. The van der Waals surface area contributed by atoms with Gasteiger partial charge in [0.1, 0.15) is 18.8 Å². The molecule has 12 heteroatoms. The lowest BCUT2D eigenvalue weighted by Crippen LogP contribution is -2.61. The maximum atomic E-state index is 13.1. The molecule has 0 aromatic rings. The first-order valence-electron chi connectivity index (χ1n) is 30.5. The summed E-state index contributed by atoms with van der Waals surface area (Å²) in [7, 11) is 0. The van der Waals surface area contributed by atoms with Crippen LogP contribution in [0.2, 0.25) is 0 Å². The van der Waals surface area contributed by atoms with Crippen molar-refractivity contribution in [1.82, 2.24) is 0 Å². The Labute approximate surface area is 478 Å². The molecule has 6 unspecified atom stereocenters. The summed E-state index contributed by atoms with van der Waals surface area (Å²) in [5, 5.41) is 31.5. The minimum Gasteiger partial charge on any atom is -0.479 e. The van der Waals surface area contributed by atoms with E-state index in [0.29, 0.717) is 32.1 Å². The second kappa shape index (κ2) is 53.7. The summed E-state index contributed by atoms with van der Waals surface area (Å²) in [4.78, 5) is 51.1. The Bertz CT molecular complexity index is 1840. The van der Waals surface area contributed by atoms with Crippen LogP contribution in [0.5, 0.6) is 0 Å². The molecule has 0 radical (unpaired) electrons. The van der Waals surface area contributed by atoms with Gasteiger partial charge in [-0.3, -0.25) is 14.4 Å². The summed E-state index contributed by atoms with van der Waals surface area (Å²) in [6, 6.07) is 0. The Morgan fingerprint density at radius 2 is 0.835 bits per heavy atom. The smallest absolute Gasteiger partial charge is 0.335 e. The molecule has 0 amide bonds. The molecule has 1 aliphatic heterocycles. The third-order valence-corrected chi connectivity index (χ3v) is 13.0. The van der Waals surface area contributed by atoms with E-state index in [4.69, 9.17) is 23.7 Å². The molecule has 1 rings (SSSR count). The molecule has 0 saturated carbocycles. The molecule has 1 saturated heterocycles. The zero-order valence-corrected chi connectivity index (χ0v) is 49.1. The summed E-state index contributed by atoms with van der Waals surface area (Å²) in [6.45, 7) is 5.67. The first-order valence-corrected chi connectivity index (χ1v) is 30.5. The fourth-order valence-corrected chi connectivity index (χ4v) is 8.41. The number of carboxylic acids is 1. The maximum absolute atomic E-state index is 13.1. The fraction of sp³-hybridized carbons (Fsp3) is 0.642. The van der Waals surface area contributed by atoms with Crippen LogP contribution in [-0.4, -0.2) is 89.2 Å². The normalized spacial score (nSPS) is 18.7. The van der Waals surface area contributed by atoms with Crippen LogP contribution in [0.1, 0.15) is 226 Å². The average molecular weight is 1100 g/mol. The van der Waals surface area contributed by atoms with Crippen LogP contribution in [0, 0.1) is 0 Å². The molecular weight excluding hydrogens is 997 g/mol. The first kappa shape index (κ1) is 72.1. The van der Waals surface area contributed by atoms with Gasteiger partial charge in [-0.05, 0) is 109 Å². The molecular formula is C67H106O12. The molecule has 0 aromatic heterocycles. The molecule has 0 bridgehead atoms. The number of ether oxygens (including phenoxy) is 5. The molecule has 0 aromatic carbocycles. The number of aliphatic hydroxyl groups is 2. The van der Waals surface area contributed by atoms with Gasteiger partial charge in [-0.15, -0.1) is 0 Å². The van der Waals surface area contributed by atoms with Crippen molar-refractivity contribution in [2.75, 3.05) is 13.2 Å². The highest BCUT2D eigenvalue weighted by atomic mass is 16.7. The van der Waals surface area contributed by atoms with E-state index in [1.807, 2.05) is 30.4 Å². The Morgan fingerprint density at radius 1 is 0.430 bits per heavy atom. The molecule has 3 N–H and O–H groups in total. The molecule has 0 spiro atoms. The zero-order chi connectivity index (χ0) is 57.5. The van der Waals surface area contributed by atoms with E-state index in [0.717, 1.165) is 77.0 Å². The maximum Gasteiger partial charge on any atom is 0.335 e. The van der Waals surface area contributed by atoms with Crippen molar-refractivity contribution in [3.63, 3.8) is 0 Å². The van der Waals surface area contributed by atoms with Crippen LogP contribution in [-0.2, 0) is 42.9 Å². The molecule has 1 aliphatic rings. The average Bonchev–Trinajstić information content (AvgIpc) is 3.46. The summed E-state index contributed by atoms with van der Waals surface area (Å²) >= 11 is 0. The quantitative estimate of drug-likeness (QED) is 0.0228. The monoisotopic (exact) mass is 1100 g/mol. The Kier molecular flexibility index (Phi) is 49.1. The van der Waals surface area contributed by atoms with E-state index in [1.165, 1.54) is 77.0 Å². The van der Waals surface area contributed by atoms with Gasteiger partial charge in [0, 0.05) is 19.3 Å². The van der Waals surface area contributed by atoms with Gasteiger partial charge < -0.3 is 39.0 Å². The number of carbonyl (C=O) groups excluding carboxylic acids is 3. The molecule has 0 aliphatic carbocycles. The topological polar surface area (TPSA) is 175 Å². The Balaban J connectivity index is 2.74. The van der Waals surface area contributed by atoms with E-state index >= 15 is 0 Å². The van der Waals surface area contributed by atoms with Crippen molar-refractivity contribution >= 4 is 23.9 Å². The number of unbranched alkanes of at least 4 members (excludes halogenated alkanes) is 16. The fourth-order valence-electron chi connectivity index (χ4n) is 8.41. The summed E-state index contributed by atoms with van der Waals surface area (Å²) in [5.41, 5.74) is 0. The van der Waals surface area contributed by atoms with Gasteiger partial charge in [0.05, 0.1) is 6.61 Å². The second-order valence-corrected chi connectivity index (χ2v) is 20.2. The van der Waals surface area contributed by atoms with Gasteiger partial charge in [-0.25, -0.2) is 4.79 Å². The van der Waals surface area contributed by atoms with E-state index in [2.05, 4.69) is 112 Å². The van der Waals surface area contributed by atoms with E-state index in [9.17, 15) is 34.5 Å². The van der Waals surface area contributed by atoms with E-state index in [-0.39, 0.29) is 25.9 Å². The second-order valence-electron chi connectivity index (χ2n) is 20.2. The standard InChI is InChI=1S/C67H106O12/c1-4-7-10-13-16-19-22-25-27-29-30-32-33-36-38-41-44-47-50-53-59(68)75-56-58(77-60(69)54-51-48-45-42-40-37-34-31-28-26-23-20-17-14-11-8-5-2)57-76-67-65(63(72)62(71)64(79-67)66(73)74)78-61(70)55-52-49-46-43-39-35-24-21-18-15-12-9-6-3/h8-9,11-12,17-18,20-21,25-28,34-35,37,39,42,45-46,49,58,62-65,67,71-72H,4-7,10,13-16,19,22-24,29-33,36,38,40-41,43-44,47-48,50-57H2,1-3H3,(H,73,74)/b11-8-,12-9-,20-17-,21-18-,27-25-,28-26-,37-34-,39-35-,45-42-,49-46-. The highest BCUT2D eigenvalue weighted by Gasteiger charge is 2.50. The summed E-state index contributed by atoms with van der Waals surface area (Å²) in [6.07, 6.45) is 61.9. The number of rotatable bonds is 50. The van der Waals surface area contributed by atoms with Gasteiger partial charge in [0.25, 0.3) is 0 Å². The van der Waals surface area contributed by atoms with E-state index < -0.39 is 67.3 Å². The Hall–Kier alpha value is -4.88. The third kappa shape index (κ3) is 43.6. The molecule has 79 heavy (non-hydrogen) atoms. The number of esters is 3. The number of carbonyl (C=O) groups is 4. The van der Waals surface area contributed by atoms with Crippen molar-refractivity contribution in [1.29, 1.82) is 0 Å². The molecule has 12 nitrogen and oxygen atoms in total. The third-order valence-electron chi connectivity index (χ3n) is 13.0. The highest BCUT2D eigenvalue weighted by molar-refractivity contribution is 5.74. The lowest BCUT2D eigenvalue weighted by Gasteiger charge is -2.40. The van der Waals surface area contributed by atoms with Crippen molar-refractivity contribution < 1.29 is 58.2 Å². The van der Waals surface area contributed by atoms with Crippen LogP contribution < -0.4 is 0 Å². The molecule has 1 fully saturated rings. The van der Waals surface area contributed by atoms with Gasteiger partial charge in [0.15, 0.2) is 24.6 Å². The van der Waals surface area contributed by atoms with Crippen LogP contribution >= 0.6 is 0 Å². The van der Waals surface area contributed by atoms with Crippen LogP contribution in [0.25, 0.3) is 0 Å². The van der Waals surface area contributed by atoms with Crippen molar-refractivity contribution in [3.8, 4) is 0 Å². The number of aliphatic carboxylic acids is 1. The molecule has 6 atom stereocenters. The van der Waals surface area contributed by atoms with Gasteiger partial charge in [-0.1, -0.05) is 219 Å². The number of aliphatic hydroxyl groups excluding tert-OH is 2. The van der Waals surface area contributed by atoms with Crippen molar-refractivity contribution in [3.05, 3.63) is 122 Å². The number of hydrogen-bond donors (Lipinski definition) is 3. The number of hydrogen-bond acceptors (Lipinski definition) is 11. The predicted molar refractivity (Wildman–Crippen MR) is 321 cm³/mol. The van der Waals surface area contributed by atoms with Gasteiger partial charge in [0.2, 0.25) is 0 Å². The highest BCUT2D eigenvalue weighted by Crippen LogP contribution is 2.26. The number of allylic oxidation sites excluding steroid dienone is 20. The largest absolute Gasteiger partial charge is 0.479 e. The lowest BCUT2D eigenvalue weighted by atomic mass is 9.98. The molecule has 1 heterocycles. The van der Waals surface area contributed by atoms with E-state index in [1.54, 1.807) is 0 Å². The van der Waals surface area contributed by atoms with Crippen molar-refractivity contribution in [2.24, 2.45) is 0 Å². The summed E-state index contributed by atoms with van der Waals surface area (Å²) in [5.74, 6) is -3.32. The Morgan fingerprint density at radius 3 is 1.32 bits per heavy atom. The van der Waals surface area contributed by atoms with Gasteiger partial charge in [-0.2, -0.15) is 0 Å². The van der Waals surface area contributed by atoms with Crippen LogP contribution in [0.4, 0.5) is 0 Å². The van der Waals surface area contributed by atoms with Gasteiger partial charge >= 0.3 is 23.9 Å². The van der Waals surface area contributed by atoms with Crippen LogP contribution in [0.15, 0.2) is 122 Å². The minimum absolute atomic E-state index is 0.0703. The minimum atomic E-state index is -1.94. The predicted octanol–water partition coefficient (Wildman–Crippen LogP) is 16.0.